The molecule has 0 spiro atoms. The van der Waals surface area contributed by atoms with Crippen molar-refractivity contribution in [1.82, 2.24) is 50.7 Å². The third-order valence-corrected chi connectivity index (χ3v) is 20.5. The number of urea groups is 3. The number of nitrogens with one attached hydrogen (secondary N) is 4. The second-order valence-electron chi connectivity index (χ2n) is 30.1. The molecule has 3 aromatic rings. The van der Waals surface area contributed by atoms with E-state index < -0.39 is 42.2 Å². The number of methoxy groups -OCH3 is 1. The maximum absolute atomic E-state index is 13.8. The number of ether oxygens (including phenoxy) is 2. The first-order valence-corrected chi connectivity index (χ1v) is 37.6. The van der Waals surface area contributed by atoms with Crippen LogP contribution in [0.4, 0.5) is 14.4 Å². The second-order valence-corrected chi connectivity index (χ2v) is 30.1. The fourth-order valence-corrected chi connectivity index (χ4v) is 15.6. The van der Waals surface area contributed by atoms with Gasteiger partial charge in [-0.05, 0) is 105 Å². The largest absolute Gasteiger partial charge is 0.481 e. The average Bonchev–Trinajstić information content (AvgIpc) is 1.64. The first-order valence-electron chi connectivity index (χ1n) is 37.6. The van der Waals surface area contributed by atoms with Crippen LogP contribution in [0.25, 0.3) is 0 Å². The zero-order chi connectivity index (χ0) is 71.7. The van der Waals surface area contributed by atoms with E-state index in [1.165, 1.54) is 26.4 Å². The summed E-state index contributed by atoms with van der Waals surface area (Å²) in [5.41, 5.74) is 3.07. The number of amides is 10. The van der Waals surface area contributed by atoms with Gasteiger partial charge in [-0.3, -0.25) is 28.8 Å². The Balaban J connectivity index is 0.000000192. The number of carbonyl (C=O) groups is 9. The summed E-state index contributed by atoms with van der Waals surface area (Å²) in [5.74, 6) is -0.975. The number of carboxylic acid groups (broad SMARTS) is 1. The molecule has 550 valence electrons. The Morgan fingerprint density at radius 1 is 0.460 bits per heavy atom. The zero-order valence-electron chi connectivity index (χ0n) is 60.7. The highest BCUT2D eigenvalue weighted by Crippen LogP contribution is 2.32. The van der Waals surface area contributed by atoms with Crippen molar-refractivity contribution in [3.05, 3.63) is 108 Å². The minimum Gasteiger partial charge on any atom is -0.481 e. The molecule has 5 N–H and O–H groups in total. The predicted molar refractivity (Wildman–Crippen MR) is 384 cm³/mol. The number of rotatable bonds is 23. The van der Waals surface area contributed by atoms with Crippen molar-refractivity contribution >= 4 is 53.7 Å². The lowest BCUT2D eigenvalue weighted by molar-refractivity contribution is -0.150. The van der Waals surface area contributed by atoms with E-state index in [0.29, 0.717) is 58.5 Å². The van der Waals surface area contributed by atoms with Crippen LogP contribution >= 0.6 is 0 Å². The average molecular weight is 1390 g/mol. The maximum atomic E-state index is 13.8. The van der Waals surface area contributed by atoms with E-state index in [9.17, 15) is 48.3 Å². The monoisotopic (exact) mass is 1380 g/mol. The van der Waals surface area contributed by atoms with E-state index in [1.54, 1.807) is 24.5 Å². The van der Waals surface area contributed by atoms with Gasteiger partial charge in [0.2, 0.25) is 23.6 Å². The number of carboxylic acids is 1. The molecule has 10 rings (SSSR count). The summed E-state index contributed by atoms with van der Waals surface area (Å²) in [6, 6.07) is 25.9. The van der Waals surface area contributed by atoms with Crippen LogP contribution in [-0.4, -0.2) is 189 Å². The van der Waals surface area contributed by atoms with E-state index in [4.69, 9.17) is 9.47 Å². The lowest BCUT2D eigenvalue weighted by atomic mass is 9.93. The van der Waals surface area contributed by atoms with E-state index in [2.05, 4.69) is 49.0 Å². The smallest absolute Gasteiger partial charge is 0.318 e. The summed E-state index contributed by atoms with van der Waals surface area (Å²) in [7, 11) is 1.36. The first-order chi connectivity index (χ1) is 48.1. The normalized spacial score (nSPS) is 23.3. The van der Waals surface area contributed by atoms with Crippen LogP contribution in [0.2, 0.25) is 0 Å². The molecule has 10 amide bonds. The molecule has 7 atom stereocenters. The quantitative estimate of drug-likeness (QED) is 0.0556. The van der Waals surface area contributed by atoms with Gasteiger partial charge < -0.3 is 65.2 Å². The van der Waals surface area contributed by atoms with E-state index >= 15 is 0 Å². The molecular formula is C78H116N10O12. The number of hydrogen-bond donors (Lipinski definition) is 5. The number of hydrogen-bond acceptors (Lipinski definition) is 11. The number of benzene rings is 3. The van der Waals surface area contributed by atoms with Gasteiger partial charge in [-0.1, -0.05) is 190 Å². The summed E-state index contributed by atoms with van der Waals surface area (Å²) < 4.78 is 10.6. The summed E-state index contributed by atoms with van der Waals surface area (Å²) in [4.78, 5) is 128. The highest BCUT2D eigenvalue weighted by Gasteiger charge is 2.48. The summed E-state index contributed by atoms with van der Waals surface area (Å²) in [5, 5.41) is 22.0. The molecule has 3 aromatic carbocycles. The van der Waals surface area contributed by atoms with Gasteiger partial charge in [0, 0.05) is 77.0 Å². The lowest BCUT2D eigenvalue weighted by Crippen LogP contribution is -2.66. The molecule has 0 bridgehead atoms. The van der Waals surface area contributed by atoms with Gasteiger partial charge in [-0.25, -0.2) is 14.4 Å². The maximum Gasteiger partial charge on any atom is 0.318 e. The third kappa shape index (κ3) is 23.7. The Morgan fingerprint density at radius 2 is 0.790 bits per heavy atom. The molecule has 7 fully saturated rings. The second kappa shape index (κ2) is 39.5. The Hall–Kier alpha value is -7.75. The van der Waals surface area contributed by atoms with Gasteiger partial charge >= 0.3 is 30.0 Å². The van der Waals surface area contributed by atoms with E-state index in [1.807, 2.05) is 110 Å². The van der Waals surface area contributed by atoms with Crippen molar-refractivity contribution in [2.75, 3.05) is 39.9 Å². The molecule has 4 saturated heterocycles. The van der Waals surface area contributed by atoms with E-state index in [-0.39, 0.29) is 115 Å². The van der Waals surface area contributed by atoms with E-state index in [0.717, 1.165) is 113 Å². The van der Waals surface area contributed by atoms with Gasteiger partial charge in [0.25, 0.3) is 0 Å². The summed E-state index contributed by atoms with van der Waals surface area (Å²) in [6.07, 6.45) is 19.6. The molecule has 4 aliphatic heterocycles. The van der Waals surface area contributed by atoms with Gasteiger partial charge in [-0.15, -0.1) is 0 Å². The van der Waals surface area contributed by atoms with Crippen molar-refractivity contribution in [1.29, 1.82) is 0 Å². The summed E-state index contributed by atoms with van der Waals surface area (Å²) >= 11 is 0. The number of esters is 1. The molecule has 4 heterocycles. The van der Waals surface area contributed by atoms with Crippen LogP contribution in [0.1, 0.15) is 206 Å². The fraction of sp³-hybridized carbons (Fsp3) is 0.654. The third-order valence-electron chi connectivity index (χ3n) is 20.5. The molecule has 3 aliphatic carbocycles. The molecular weight excluding hydrogens is 1270 g/mol. The van der Waals surface area contributed by atoms with Crippen molar-refractivity contribution in [2.24, 2.45) is 17.8 Å². The minimum absolute atomic E-state index is 0.0349. The lowest BCUT2D eigenvalue weighted by Gasteiger charge is -2.47. The Morgan fingerprint density at radius 3 is 1.09 bits per heavy atom. The van der Waals surface area contributed by atoms with Gasteiger partial charge in [0.05, 0.1) is 44.2 Å². The van der Waals surface area contributed by atoms with Gasteiger partial charge in [0.15, 0.2) is 0 Å². The molecule has 22 nitrogen and oxygen atoms in total. The van der Waals surface area contributed by atoms with Crippen LogP contribution in [0.3, 0.4) is 0 Å². The molecule has 100 heavy (non-hydrogen) atoms. The molecule has 0 aromatic heterocycles. The molecule has 0 radical (unpaired) electrons. The Bertz CT molecular complexity index is 3080. The molecule has 22 heteroatoms. The van der Waals surface area contributed by atoms with Gasteiger partial charge in [0.1, 0.15) is 18.1 Å². The van der Waals surface area contributed by atoms with Crippen molar-refractivity contribution in [2.45, 2.75) is 269 Å². The zero-order valence-corrected chi connectivity index (χ0v) is 60.7. The van der Waals surface area contributed by atoms with Gasteiger partial charge in [-0.2, -0.15) is 0 Å². The van der Waals surface area contributed by atoms with Crippen LogP contribution in [-0.2, 0) is 57.9 Å². The fourth-order valence-electron chi connectivity index (χ4n) is 15.6. The molecule has 3 saturated carbocycles. The predicted octanol–water partition coefficient (Wildman–Crippen LogP) is 11.2. The minimum atomic E-state index is -0.960. The molecule has 7 aliphatic rings. The van der Waals surface area contributed by atoms with Crippen molar-refractivity contribution < 1.29 is 57.7 Å². The number of aliphatic carboxylic acids is 1. The number of nitrogens with zero attached hydrogens (tertiary/aromatic N) is 6. The van der Waals surface area contributed by atoms with Crippen molar-refractivity contribution in [3.63, 3.8) is 0 Å². The first kappa shape index (κ1) is 78.0. The Kier molecular flexibility index (Phi) is 30.8. The topological polar surface area (TPSA) is 260 Å². The van der Waals surface area contributed by atoms with Crippen LogP contribution in [0, 0.1) is 17.8 Å². The SMILES string of the molecule is CC(C)C[C@H]1C(=O)N(Cc2ccccc2)CC(CC(=O)NCC2CCCO2)N1C(=O)NC1CCCCC1.CC(C)C[C@H]1C(=O)N(Cc2ccccc2)CC(CC(=O)O)N1C(=O)NC1CCCCC1.COC(=O)CC1CN(Cc2ccccc2)C(=O)[C@H](CC(C)C)N1C(=O)NC1CCCCC1. The summed E-state index contributed by atoms with van der Waals surface area (Å²) in [6.45, 7) is 15.8. The molecule has 4 unspecified atom stereocenters. The highest BCUT2D eigenvalue weighted by atomic mass is 16.5. The highest BCUT2D eigenvalue weighted by molar-refractivity contribution is 5.91. The standard InChI is InChI=1S/C29H44N4O4.C25H37N3O4.C24H35N3O4/c1-21(2)16-26-28(35)32(19-22-10-5-3-6-11-22)20-24(17-27(34)30-18-25-14-9-15-37-25)33(26)29(36)31-23-12-7-4-8-13-23;1-18(2)14-22-24(30)27(16-19-10-6-4-7-11-19)17-21(15-23(29)32-3)28(22)25(31)26-20-12-8-5-9-13-20;1-17(2)13-21-23(30)26(15-18-9-5-3-6-10-18)16-20(14-22(28)29)27(21)24(31)25-19-11-7-4-8-12-19/h3,5-6,10-11,21,23-26H,4,7-9,12-20H2,1-2H3,(H,30,34)(H,31,36);4,6-7,10-11,18,20-22H,5,8-9,12-17H2,1-3H3,(H,26,31);3,5-6,9-10,17,19-21H,4,7-8,11-16H2,1-2H3,(H,25,31)(H,28,29)/t24?,25?,26-;21?,22-;20?,21-/m000/s1. The number of carbonyl (C=O) groups excluding carboxylic acids is 8. The van der Waals surface area contributed by atoms with Crippen molar-refractivity contribution in [3.8, 4) is 0 Å². The van der Waals surface area contributed by atoms with Crippen LogP contribution in [0.15, 0.2) is 91.0 Å². The van der Waals surface area contributed by atoms with Crippen LogP contribution < -0.4 is 21.3 Å². The Labute approximate surface area is 594 Å². The number of piperazine rings is 3. The van der Waals surface area contributed by atoms with Crippen LogP contribution in [0.5, 0.6) is 0 Å².